The van der Waals surface area contributed by atoms with Crippen LogP contribution in [0.15, 0.2) is 12.1 Å². The zero-order chi connectivity index (χ0) is 13.5. The fraction of sp³-hybridized carbons (Fsp3) is 0.562. The van der Waals surface area contributed by atoms with Crippen LogP contribution in [0.5, 0.6) is 5.75 Å². The van der Waals surface area contributed by atoms with E-state index in [0.717, 1.165) is 31.2 Å². The van der Waals surface area contributed by atoms with E-state index in [-0.39, 0.29) is 11.8 Å². The number of phenolic OH excluding ortho intramolecular Hbond substituents is 1. The van der Waals surface area contributed by atoms with Crippen LogP contribution in [0.1, 0.15) is 55.2 Å². The first-order valence-corrected chi connectivity index (χ1v) is 7.18. The first kappa shape index (κ1) is 12.5. The van der Waals surface area contributed by atoms with Crippen molar-refractivity contribution >= 4 is 5.97 Å². The van der Waals surface area contributed by atoms with E-state index in [9.17, 15) is 9.90 Å². The molecule has 0 heterocycles. The minimum atomic E-state index is -0.771. The SMILES string of the molecule is O=C(O)CC1(c2cc3c(cc2O)CCCCC3)CC1. The summed E-state index contributed by atoms with van der Waals surface area (Å²) in [5.74, 6) is -0.466. The molecule has 3 rings (SSSR count). The number of hydrogen-bond acceptors (Lipinski definition) is 2. The van der Waals surface area contributed by atoms with Crippen LogP contribution >= 0.6 is 0 Å². The fourth-order valence-electron chi connectivity index (χ4n) is 3.36. The second kappa shape index (κ2) is 4.55. The van der Waals surface area contributed by atoms with Gasteiger partial charge in [-0.3, -0.25) is 4.79 Å². The monoisotopic (exact) mass is 260 g/mol. The molecule has 1 fully saturated rings. The molecule has 2 N–H and O–H groups in total. The van der Waals surface area contributed by atoms with Crippen molar-refractivity contribution in [2.45, 2.75) is 56.8 Å². The lowest BCUT2D eigenvalue weighted by atomic mass is 9.87. The van der Waals surface area contributed by atoms with E-state index in [1.165, 1.54) is 30.4 Å². The summed E-state index contributed by atoms with van der Waals surface area (Å²) in [6.45, 7) is 0. The van der Waals surface area contributed by atoms with Gasteiger partial charge in [-0.1, -0.05) is 12.5 Å². The predicted octanol–water partition coefficient (Wildman–Crippen LogP) is 3.17. The summed E-state index contributed by atoms with van der Waals surface area (Å²) in [6, 6.07) is 3.98. The van der Waals surface area contributed by atoms with Crippen LogP contribution in [0.4, 0.5) is 0 Å². The molecular weight excluding hydrogens is 240 g/mol. The Morgan fingerprint density at radius 2 is 1.74 bits per heavy atom. The van der Waals surface area contributed by atoms with Gasteiger partial charge < -0.3 is 10.2 Å². The van der Waals surface area contributed by atoms with E-state index in [1.54, 1.807) is 0 Å². The topological polar surface area (TPSA) is 57.5 Å². The van der Waals surface area contributed by atoms with Gasteiger partial charge in [0.1, 0.15) is 5.75 Å². The highest BCUT2D eigenvalue weighted by atomic mass is 16.4. The maximum atomic E-state index is 11.0. The molecule has 1 aromatic rings. The molecule has 3 nitrogen and oxygen atoms in total. The standard InChI is InChI=1S/C16H20O3/c17-14-9-12-5-3-1-2-4-11(12)8-13(14)16(6-7-16)10-15(18)19/h8-9,17H,1-7,10H2,(H,18,19). The van der Waals surface area contributed by atoms with Crippen molar-refractivity contribution in [2.75, 3.05) is 0 Å². The fourth-order valence-corrected chi connectivity index (χ4v) is 3.36. The summed E-state index contributed by atoms with van der Waals surface area (Å²) in [4.78, 5) is 11.0. The Balaban J connectivity index is 1.98. The number of rotatable bonds is 3. The molecule has 0 bridgehead atoms. The number of carbonyl (C=O) groups is 1. The van der Waals surface area contributed by atoms with Gasteiger partial charge in [0.05, 0.1) is 6.42 Å². The molecule has 0 aliphatic heterocycles. The molecule has 0 amide bonds. The van der Waals surface area contributed by atoms with Gasteiger partial charge in [0.2, 0.25) is 0 Å². The highest BCUT2D eigenvalue weighted by molar-refractivity contribution is 5.70. The van der Waals surface area contributed by atoms with E-state index in [0.29, 0.717) is 5.75 Å². The minimum absolute atomic E-state index is 0.138. The van der Waals surface area contributed by atoms with Crippen molar-refractivity contribution in [1.29, 1.82) is 0 Å². The first-order valence-electron chi connectivity index (χ1n) is 7.18. The van der Waals surface area contributed by atoms with E-state index in [2.05, 4.69) is 6.07 Å². The number of fused-ring (bicyclic) bond motifs is 1. The van der Waals surface area contributed by atoms with Crippen molar-refractivity contribution in [3.05, 3.63) is 28.8 Å². The summed E-state index contributed by atoms with van der Waals surface area (Å²) >= 11 is 0. The first-order chi connectivity index (χ1) is 9.11. The van der Waals surface area contributed by atoms with Gasteiger partial charge in [0.25, 0.3) is 0 Å². The van der Waals surface area contributed by atoms with Gasteiger partial charge >= 0.3 is 5.97 Å². The molecule has 0 aromatic heterocycles. The number of aryl methyl sites for hydroxylation is 2. The van der Waals surface area contributed by atoms with Crippen molar-refractivity contribution in [3.8, 4) is 5.75 Å². The molecule has 19 heavy (non-hydrogen) atoms. The maximum Gasteiger partial charge on any atom is 0.304 e. The van der Waals surface area contributed by atoms with Crippen molar-refractivity contribution in [1.82, 2.24) is 0 Å². The van der Waals surface area contributed by atoms with Crippen LogP contribution < -0.4 is 0 Å². The van der Waals surface area contributed by atoms with E-state index in [4.69, 9.17) is 5.11 Å². The Morgan fingerprint density at radius 1 is 1.11 bits per heavy atom. The third-order valence-electron chi connectivity index (χ3n) is 4.62. The molecule has 0 unspecified atom stereocenters. The second-order valence-electron chi connectivity index (χ2n) is 6.05. The summed E-state index contributed by atoms with van der Waals surface area (Å²) < 4.78 is 0. The molecule has 0 radical (unpaired) electrons. The summed E-state index contributed by atoms with van der Waals surface area (Å²) in [6.07, 6.45) is 7.62. The largest absolute Gasteiger partial charge is 0.508 e. The third-order valence-corrected chi connectivity index (χ3v) is 4.62. The second-order valence-corrected chi connectivity index (χ2v) is 6.05. The molecule has 0 atom stereocenters. The van der Waals surface area contributed by atoms with Crippen molar-refractivity contribution in [2.24, 2.45) is 0 Å². The molecule has 3 heteroatoms. The van der Waals surface area contributed by atoms with Gasteiger partial charge in [-0.25, -0.2) is 0 Å². The number of benzene rings is 1. The zero-order valence-electron chi connectivity index (χ0n) is 11.1. The normalized spacial score (nSPS) is 20.4. The van der Waals surface area contributed by atoms with Crippen LogP contribution in [-0.2, 0) is 23.1 Å². The summed E-state index contributed by atoms with van der Waals surface area (Å²) in [5.41, 5.74) is 3.15. The van der Waals surface area contributed by atoms with Crippen LogP contribution in [0.25, 0.3) is 0 Å². The zero-order valence-corrected chi connectivity index (χ0v) is 11.1. The third kappa shape index (κ3) is 2.34. The van der Waals surface area contributed by atoms with Gasteiger partial charge in [0, 0.05) is 11.0 Å². The van der Waals surface area contributed by atoms with Crippen LogP contribution in [0.2, 0.25) is 0 Å². The molecular formula is C16H20O3. The van der Waals surface area contributed by atoms with Crippen LogP contribution in [0.3, 0.4) is 0 Å². The Kier molecular flexibility index (Phi) is 3.00. The van der Waals surface area contributed by atoms with Crippen molar-refractivity contribution < 1.29 is 15.0 Å². The lowest BCUT2D eigenvalue weighted by Gasteiger charge is -2.18. The van der Waals surface area contributed by atoms with Gasteiger partial charge in [0.15, 0.2) is 0 Å². The van der Waals surface area contributed by atoms with Gasteiger partial charge in [-0.2, -0.15) is 0 Å². The molecule has 1 aromatic carbocycles. The Bertz CT molecular complexity index is 515. The van der Waals surface area contributed by atoms with Crippen LogP contribution in [-0.4, -0.2) is 16.2 Å². The van der Waals surface area contributed by atoms with Crippen LogP contribution in [0, 0.1) is 0 Å². The number of phenols is 1. The average Bonchev–Trinajstić information content (AvgIpc) is 3.12. The number of aromatic hydroxyl groups is 1. The Hall–Kier alpha value is -1.51. The minimum Gasteiger partial charge on any atom is -0.508 e. The number of carboxylic acids is 1. The van der Waals surface area contributed by atoms with Gasteiger partial charge in [-0.15, -0.1) is 0 Å². The molecule has 0 saturated heterocycles. The average molecular weight is 260 g/mol. The highest BCUT2D eigenvalue weighted by Crippen LogP contribution is 2.54. The highest BCUT2D eigenvalue weighted by Gasteiger charge is 2.47. The molecule has 1 saturated carbocycles. The smallest absolute Gasteiger partial charge is 0.304 e. The number of hydrogen-bond donors (Lipinski definition) is 2. The quantitative estimate of drug-likeness (QED) is 0.821. The van der Waals surface area contributed by atoms with E-state index in [1.807, 2.05) is 6.07 Å². The Labute approximate surface area is 113 Å². The van der Waals surface area contributed by atoms with E-state index < -0.39 is 5.97 Å². The molecule has 0 spiro atoms. The molecule has 2 aliphatic carbocycles. The lowest BCUT2D eigenvalue weighted by molar-refractivity contribution is -0.137. The lowest BCUT2D eigenvalue weighted by Crippen LogP contribution is -2.14. The molecule has 102 valence electrons. The number of aliphatic carboxylic acids is 1. The van der Waals surface area contributed by atoms with Crippen molar-refractivity contribution in [3.63, 3.8) is 0 Å². The summed E-state index contributed by atoms with van der Waals surface area (Å²) in [5, 5.41) is 19.3. The van der Waals surface area contributed by atoms with Gasteiger partial charge in [-0.05, 0) is 55.7 Å². The number of carboxylic acid groups (broad SMARTS) is 1. The predicted molar refractivity (Wildman–Crippen MR) is 72.5 cm³/mol. The molecule has 2 aliphatic rings. The maximum absolute atomic E-state index is 11.0. The summed E-state index contributed by atoms with van der Waals surface area (Å²) in [7, 11) is 0. The van der Waals surface area contributed by atoms with E-state index >= 15 is 0 Å². The Morgan fingerprint density at radius 3 is 2.32 bits per heavy atom.